The van der Waals surface area contributed by atoms with Crippen molar-refractivity contribution in [1.29, 1.82) is 0 Å². The summed E-state index contributed by atoms with van der Waals surface area (Å²) in [6, 6.07) is 0. The average Bonchev–Trinajstić information content (AvgIpc) is 3.30. The molecular weight excluding hydrogens is 873 g/mol. The minimum atomic E-state index is -4.61. The molecule has 6 atom stereocenters. The molecule has 0 aromatic carbocycles. The fourth-order valence-electron chi connectivity index (χ4n) is 8.23. The van der Waals surface area contributed by atoms with Gasteiger partial charge in [0.05, 0.1) is 6.61 Å². The molecule has 4 N–H and O–H groups in total. The summed E-state index contributed by atoms with van der Waals surface area (Å²) in [5, 5.41) is 31.0. The van der Waals surface area contributed by atoms with Crippen LogP contribution in [0.1, 0.15) is 239 Å². The first kappa shape index (κ1) is 62.9. The number of unbranched alkanes of at least 4 members (excludes halogenated alkanes) is 28. The van der Waals surface area contributed by atoms with Gasteiger partial charge in [-0.25, -0.2) is 0 Å². The maximum atomic E-state index is 12.9. The summed E-state index contributed by atoms with van der Waals surface area (Å²) in [7, 11) is -4.61. The van der Waals surface area contributed by atoms with E-state index in [2.05, 4.69) is 50.3 Å². The Morgan fingerprint density at radius 1 is 0.507 bits per heavy atom. The van der Waals surface area contributed by atoms with Crippen LogP contribution in [-0.2, 0) is 38.7 Å². The highest BCUT2D eigenvalue weighted by molar-refractivity contribution is 7.85. The standard InChI is InChI=1S/C54H98O12S/c1-3-5-7-9-11-13-15-17-19-21-23-24-25-27-28-30-32-34-36-38-40-42-49(55)63-44-47(45-64-54-53(59)52(58)51(57)48(66-54)46-67(60,61)62)65-50(56)43-41-39-37-35-33-31-29-26-22-20-18-16-14-12-10-8-6-4-2/h14,16,20-23,47-48,51-54,57-59H,3-13,15,17-19,24-46H2,1-2H3,(H,60,61,62)/b16-14-,22-20-,23-21-. The van der Waals surface area contributed by atoms with E-state index in [4.69, 9.17) is 18.9 Å². The number of aliphatic hydroxyl groups is 3. The molecule has 1 fully saturated rings. The molecule has 0 radical (unpaired) electrons. The third-order valence-electron chi connectivity index (χ3n) is 12.4. The summed E-state index contributed by atoms with van der Waals surface area (Å²) in [5.41, 5.74) is 0. The summed E-state index contributed by atoms with van der Waals surface area (Å²) in [6.07, 6.45) is 43.2. The number of hydrogen-bond donors (Lipinski definition) is 4. The summed E-state index contributed by atoms with van der Waals surface area (Å²) < 4.78 is 54.3. The number of carbonyl (C=O) groups excluding carboxylic acids is 2. The van der Waals surface area contributed by atoms with Gasteiger partial charge < -0.3 is 34.3 Å². The maximum Gasteiger partial charge on any atom is 0.306 e. The molecule has 6 unspecified atom stereocenters. The van der Waals surface area contributed by atoms with E-state index in [0.717, 1.165) is 57.8 Å². The number of hydrogen-bond acceptors (Lipinski definition) is 11. The van der Waals surface area contributed by atoms with E-state index in [1.165, 1.54) is 141 Å². The summed E-state index contributed by atoms with van der Waals surface area (Å²) >= 11 is 0. The monoisotopic (exact) mass is 971 g/mol. The molecule has 13 heteroatoms. The van der Waals surface area contributed by atoms with E-state index in [0.29, 0.717) is 12.8 Å². The zero-order chi connectivity index (χ0) is 49.1. The second-order valence-electron chi connectivity index (χ2n) is 18.9. The quantitative estimate of drug-likeness (QED) is 0.0196. The third-order valence-corrected chi connectivity index (χ3v) is 13.2. The van der Waals surface area contributed by atoms with Gasteiger partial charge in [-0.05, 0) is 70.6 Å². The molecule has 0 aliphatic carbocycles. The first-order valence-electron chi connectivity index (χ1n) is 27.0. The lowest BCUT2D eigenvalue weighted by atomic mass is 10.00. The van der Waals surface area contributed by atoms with Gasteiger partial charge in [-0.1, -0.05) is 192 Å². The van der Waals surface area contributed by atoms with Crippen LogP contribution in [0.25, 0.3) is 0 Å². The summed E-state index contributed by atoms with van der Waals surface area (Å²) in [6.45, 7) is 3.77. The fraction of sp³-hybridized carbons (Fsp3) is 0.852. The molecule has 1 aliphatic rings. The van der Waals surface area contributed by atoms with E-state index in [-0.39, 0.29) is 19.4 Å². The molecule has 67 heavy (non-hydrogen) atoms. The van der Waals surface area contributed by atoms with Crippen LogP contribution < -0.4 is 0 Å². The van der Waals surface area contributed by atoms with E-state index < -0.39 is 71.2 Å². The lowest BCUT2D eigenvalue weighted by Crippen LogP contribution is -2.60. The Hall–Kier alpha value is -2.13. The maximum absolute atomic E-state index is 12.9. The molecule has 1 heterocycles. The first-order valence-corrected chi connectivity index (χ1v) is 28.7. The Kier molecular flexibility index (Phi) is 41.2. The van der Waals surface area contributed by atoms with Gasteiger partial charge in [0.2, 0.25) is 0 Å². The SMILES string of the molecule is CCCCCC/C=C\C/C=C\CCCCCCCCCC(=O)OC(COC(=O)CCCCCCCCCCC/C=C\CCCCCCCCCC)COC1OC(CS(=O)(=O)O)C(O)C(O)C1O. The average molecular weight is 971 g/mol. The molecule has 12 nitrogen and oxygen atoms in total. The zero-order valence-electron chi connectivity index (χ0n) is 42.3. The van der Waals surface area contributed by atoms with Crippen LogP contribution in [0.2, 0.25) is 0 Å². The van der Waals surface area contributed by atoms with Gasteiger partial charge in [0, 0.05) is 12.8 Å². The molecule has 1 aliphatic heterocycles. The van der Waals surface area contributed by atoms with Gasteiger partial charge in [0.25, 0.3) is 10.1 Å². The fourth-order valence-corrected chi connectivity index (χ4v) is 8.92. The van der Waals surface area contributed by atoms with E-state index in [1.54, 1.807) is 0 Å². The smallest absolute Gasteiger partial charge is 0.306 e. The van der Waals surface area contributed by atoms with Crippen molar-refractivity contribution in [2.45, 2.75) is 275 Å². The number of carbonyl (C=O) groups is 2. The van der Waals surface area contributed by atoms with Crippen molar-refractivity contribution in [1.82, 2.24) is 0 Å². The second kappa shape index (κ2) is 43.9. The van der Waals surface area contributed by atoms with Crippen molar-refractivity contribution in [2.75, 3.05) is 19.0 Å². The van der Waals surface area contributed by atoms with Crippen molar-refractivity contribution in [3.05, 3.63) is 36.5 Å². The third kappa shape index (κ3) is 38.3. The number of allylic oxidation sites excluding steroid dienone is 6. The van der Waals surface area contributed by atoms with Gasteiger partial charge in [-0.3, -0.25) is 14.1 Å². The normalized spacial score (nSPS) is 19.5. The Bertz CT molecular complexity index is 1370. The van der Waals surface area contributed by atoms with Gasteiger partial charge in [0.1, 0.15) is 36.8 Å². The molecule has 392 valence electrons. The van der Waals surface area contributed by atoms with Gasteiger partial charge >= 0.3 is 11.9 Å². The molecule has 0 saturated carbocycles. The molecule has 0 spiro atoms. The summed E-state index contributed by atoms with van der Waals surface area (Å²) in [5.74, 6) is -1.99. The minimum absolute atomic E-state index is 0.156. The molecule has 1 saturated heterocycles. The van der Waals surface area contributed by atoms with Crippen LogP contribution in [0.4, 0.5) is 0 Å². The topological polar surface area (TPSA) is 186 Å². The van der Waals surface area contributed by atoms with Crippen LogP contribution in [-0.4, -0.2) is 96.0 Å². The number of rotatable bonds is 46. The Labute approximate surface area is 408 Å². The number of esters is 2. The molecule has 1 rings (SSSR count). The van der Waals surface area contributed by atoms with Crippen molar-refractivity contribution >= 4 is 22.1 Å². The van der Waals surface area contributed by atoms with E-state index in [1.807, 2.05) is 0 Å². The van der Waals surface area contributed by atoms with E-state index >= 15 is 0 Å². The van der Waals surface area contributed by atoms with Crippen molar-refractivity contribution in [3.8, 4) is 0 Å². The Balaban J connectivity index is 2.35. The minimum Gasteiger partial charge on any atom is -0.462 e. The molecular formula is C54H98O12S. The molecule has 0 aromatic heterocycles. The van der Waals surface area contributed by atoms with Crippen molar-refractivity contribution in [3.63, 3.8) is 0 Å². The van der Waals surface area contributed by atoms with Crippen LogP contribution in [0.3, 0.4) is 0 Å². The largest absolute Gasteiger partial charge is 0.462 e. The van der Waals surface area contributed by atoms with Crippen LogP contribution in [0.15, 0.2) is 36.5 Å². The molecule has 0 amide bonds. The lowest BCUT2D eigenvalue weighted by Gasteiger charge is -2.40. The van der Waals surface area contributed by atoms with Gasteiger partial charge in [-0.15, -0.1) is 0 Å². The molecule has 0 bridgehead atoms. The highest BCUT2D eigenvalue weighted by atomic mass is 32.2. The number of aliphatic hydroxyl groups excluding tert-OH is 3. The second-order valence-corrected chi connectivity index (χ2v) is 20.4. The lowest BCUT2D eigenvalue weighted by molar-refractivity contribution is -0.297. The van der Waals surface area contributed by atoms with E-state index in [9.17, 15) is 37.9 Å². The zero-order valence-corrected chi connectivity index (χ0v) is 43.1. The summed E-state index contributed by atoms with van der Waals surface area (Å²) in [4.78, 5) is 25.6. The van der Waals surface area contributed by atoms with Crippen LogP contribution in [0, 0.1) is 0 Å². The predicted octanol–water partition coefficient (Wildman–Crippen LogP) is 12.5. The van der Waals surface area contributed by atoms with Crippen molar-refractivity contribution < 1.29 is 56.8 Å². The van der Waals surface area contributed by atoms with Crippen LogP contribution in [0.5, 0.6) is 0 Å². The van der Waals surface area contributed by atoms with Crippen LogP contribution >= 0.6 is 0 Å². The Morgan fingerprint density at radius 2 is 0.896 bits per heavy atom. The molecule has 0 aromatic rings. The highest BCUT2D eigenvalue weighted by Crippen LogP contribution is 2.24. The Morgan fingerprint density at radius 3 is 1.34 bits per heavy atom. The number of ether oxygens (including phenoxy) is 4. The highest BCUT2D eigenvalue weighted by Gasteiger charge is 2.46. The first-order chi connectivity index (χ1) is 32.5. The van der Waals surface area contributed by atoms with Gasteiger partial charge in [-0.2, -0.15) is 8.42 Å². The van der Waals surface area contributed by atoms with Crippen molar-refractivity contribution in [2.24, 2.45) is 0 Å². The van der Waals surface area contributed by atoms with Gasteiger partial charge in [0.15, 0.2) is 12.4 Å². The predicted molar refractivity (Wildman–Crippen MR) is 270 cm³/mol.